The van der Waals surface area contributed by atoms with Gasteiger partial charge in [0.2, 0.25) is 5.91 Å². The highest BCUT2D eigenvalue weighted by Gasteiger charge is 2.22. The van der Waals surface area contributed by atoms with Gasteiger partial charge in [0.05, 0.1) is 30.8 Å². The number of carboxylic acid groups (broad SMARTS) is 1. The number of aromatic nitrogens is 1. The fraction of sp³-hybridized carbons (Fsp3) is 0.417. The summed E-state index contributed by atoms with van der Waals surface area (Å²) in [5.41, 5.74) is 2.10. The predicted molar refractivity (Wildman–Crippen MR) is 182 cm³/mol. The molecule has 1 aliphatic carbocycles. The molecule has 1 aliphatic heterocycles. The van der Waals surface area contributed by atoms with Gasteiger partial charge in [-0.25, -0.2) is 23.9 Å². The van der Waals surface area contributed by atoms with E-state index in [1.165, 1.54) is 49.7 Å². The number of benzene rings is 2. The van der Waals surface area contributed by atoms with E-state index in [2.05, 4.69) is 39.7 Å². The number of rotatable bonds is 9. The van der Waals surface area contributed by atoms with Crippen molar-refractivity contribution in [1.29, 1.82) is 0 Å². The van der Waals surface area contributed by atoms with Crippen LogP contribution in [0.4, 0.5) is 23.7 Å². The Hall–Kier alpha value is -4.48. The number of halogens is 3. The third-order valence-corrected chi connectivity index (χ3v) is 8.14. The number of anilines is 1. The number of morpholine rings is 1. The van der Waals surface area contributed by atoms with Gasteiger partial charge in [0, 0.05) is 36.5 Å². The highest BCUT2D eigenvalue weighted by Crippen LogP contribution is 2.30. The number of hydrogen-bond acceptors (Lipinski definition) is 7. The zero-order valence-electron chi connectivity index (χ0n) is 27.6. The smallest absolute Gasteiger partial charge is 0.404 e. The van der Waals surface area contributed by atoms with E-state index in [1.54, 1.807) is 24.3 Å². The molecule has 2 amide bonds. The number of hydrogen-bond donors (Lipinski definition) is 6. The van der Waals surface area contributed by atoms with Crippen LogP contribution in [0.1, 0.15) is 74.5 Å². The first kappa shape index (κ1) is 40.7. The number of nitrogens with one attached hydrogen (secondary N) is 3. The van der Waals surface area contributed by atoms with E-state index in [4.69, 9.17) is 15.1 Å². The minimum absolute atomic E-state index is 0.000757. The van der Waals surface area contributed by atoms with Crippen molar-refractivity contribution in [2.24, 2.45) is 5.90 Å². The van der Waals surface area contributed by atoms with E-state index in [1.807, 2.05) is 6.92 Å². The van der Waals surface area contributed by atoms with Gasteiger partial charge in [-0.3, -0.25) is 9.78 Å². The molecule has 2 atom stereocenters. The van der Waals surface area contributed by atoms with E-state index in [9.17, 15) is 22.8 Å². The molecule has 0 spiro atoms. The molecule has 2 aliphatic rings. The lowest BCUT2D eigenvalue weighted by Gasteiger charge is -2.28. The van der Waals surface area contributed by atoms with Crippen molar-refractivity contribution in [3.63, 3.8) is 0 Å². The number of amides is 2. The number of ether oxygens (including phenoxy) is 1. The van der Waals surface area contributed by atoms with Crippen molar-refractivity contribution < 1.29 is 37.8 Å². The summed E-state index contributed by atoms with van der Waals surface area (Å²) in [5, 5.41) is 23.5. The van der Waals surface area contributed by atoms with Crippen molar-refractivity contribution in [2.75, 3.05) is 18.5 Å². The van der Waals surface area contributed by atoms with Crippen molar-refractivity contribution in [3.8, 4) is 12.8 Å². The average molecular weight is 686 g/mol. The van der Waals surface area contributed by atoms with Crippen LogP contribution >= 0.6 is 0 Å². The molecule has 10 nitrogen and oxygen atoms in total. The van der Waals surface area contributed by atoms with Gasteiger partial charge in [0.15, 0.2) is 0 Å². The molecule has 2 aromatic carbocycles. The number of nitrogens with zero attached hydrogens (tertiary/aromatic N) is 1. The van der Waals surface area contributed by atoms with Crippen LogP contribution in [0.25, 0.3) is 0 Å². The van der Waals surface area contributed by atoms with Crippen LogP contribution in [-0.2, 0) is 16.0 Å². The van der Waals surface area contributed by atoms with Crippen LogP contribution in [0.15, 0.2) is 60.9 Å². The minimum atomic E-state index is -0.882. The summed E-state index contributed by atoms with van der Waals surface area (Å²) in [6, 6.07) is 12.2. The molecule has 0 radical (unpaired) electrons. The molecule has 0 unspecified atom stereocenters. The quantitative estimate of drug-likeness (QED) is 0.116. The van der Waals surface area contributed by atoms with E-state index < -0.39 is 29.5 Å². The van der Waals surface area contributed by atoms with Crippen molar-refractivity contribution in [1.82, 2.24) is 15.6 Å². The van der Waals surface area contributed by atoms with Gasteiger partial charge in [-0.15, -0.1) is 12.8 Å². The largest absolute Gasteiger partial charge is 0.465 e. The average Bonchev–Trinajstić information content (AvgIpc) is 3.11. The molecule has 266 valence electrons. The number of nitrogens with two attached hydrogens (primary N) is 1. The molecule has 3 aromatic rings. The zero-order chi connectivity index (χ0) is 36.2. The summed E-state index contributed by atoms with van der Waals surface area (Å²) in [5.74, 6) is 1.43. The summed E-state index contributed by atoms with van der Waals surface area (Å²) in [7, 11) is 0. The summed E-state index contributed by atoms with van der Waals surface area (Å²) >= 11 is 0. The molecule has 7 N–H and O–H groups in total. The first-order chi connectivity index (χ1) is 23.7. The lowest BCUT2D eigenvalue weighted by atomic mass is 9.88. The maximum Gasteiger partial charge on any atom is 0.404 e. The molecule has 2 fully saturated rings. The minimum Gasteiger partial charge on any atom is -0.465 e. The highest BCUT2D eigenvalue weighted by atomic mass is 19.1. The fourth-order valence-corrected chi connectivity index (χ4v) is 5.67. The van der Waals surface area contributed by atoms with Crippen LogP contribution in [0, 0.1) is 30.3 Å². The zero-order valence-corrected chi connectivity index (χ0v) is 27.6. The summed E-state index contributed by atoms with van der Waals surface area (Å²) in [6.45, 7) is 3.32. The fourth-order valence-electron chi connectivity index (χ4n) is 5.67. The first-order valence-corrected chi connectivity index (χ1v) is 16.0. The SMILES string of the molecule is C#C.C[C@@H]1CO[C@H](CCc2c(F)cncc2NC(=O)CC(c2ccc(F)cc2)c2ccc(F)cc2)CN1.NO.O=C(O)NC1CCCCC1. The van der Waals surface area contributed by atoms with Gasteiger partial charge in [-0.05, 0) is 68.0 Å². The summed E-state index contributed by atoms with van der Waals surface area (Å²) in [6.07, 6.45) is 16.3. The normalized spacial score (nSPS) is 17.2. The Morgan fingerprint density at radius 2 is 1.55 bits per heavy atom. The number of carbonyl (C=O) groups is 2. The molecule has 13 heteroatoms. The molecule has 1 saturated carbocycles. The Morgan fingerprint density at radius 1 is 0.980 bits per heavy atom. The van der Waals surface area contributed by atoms with Crippen LogP contribution in [0.2, 0.25) is 0 Å². The highest BCUT2D eigenvalue weighted by molar-refractivity contribution is 5.92. The topological polar surface area (TPSA) is 159 Å². The van der Waals surface area contributed by atoms with Crippen LogP contribution in [-0.4, -0.2) is 58.6 Å². The second kappa shape index (κ2) is 22.2. The van der Waals surface area contributed by atoms with Gasteiger partial charge in [0.25, 0.3) is 0 Å². The Morgan fingerprint density at radius 3 is 2.06 bits per heavy atom. The second-order valence-corrected chi connectivity index (χ2v) is 11.6. The van der Waals surface area contributed by atoms with Crippen molar-refractivity contribution in [3.05, 3.63) is 95.1 Å². The second-order valence-electron chi connectivity index (χ2n) is 11.6. The van der Waals surface area contributed by atoms with Gasteiger partial charge in [0.1, 0.15) is 17.5 Å². The maximum atomic E-state index is 14.6. The molecular formula is C36H46F3N5O5. The predicted octanol–water partition coefficient (Wildman–Crippen LogP) is 6.14. The molecule has 2 heterocycles. The molecule has 49 heavy (non-hydrogen) atoms. The Labute approximate surface area is 285 Å². The number of carbonyl (C=O) groups excluding carboxylic acids is 1. The van der Waals surface area contributed by atoms with Crippen LogP contribution < -0.4 is 21.8 Å². The van der Waals surface area contributed by atoms with Crippen LogP contribution in [0.5, 0.6) is 0 Å². The molecule has 1 saturated heterocycles. The molecule has 0 bridgehead atoms. The van der Waals surface area contributed by atoms with E-state index >= 15 is 0 Å². The third-order valence-electron chi connectivity index (χ3n) is 8.14. The van der Waals surface area contributed by atoms with Crippen LogP contribution in [0.3, 0.4) is 0 Å². The lowest BCUT2D eigenvalue weighted by molar-refractivity contribution is -0.116. The number of terminal acetylenes is 1. The Kier molecular flexibility index (Phi) is 18.4. The monoisotopic (exact) mass is 685 g/mol. The lowest BCUT2D eigenvalue weighted by Crippen LogP contribution is -2.44. The summed E-state index contributed by atoms with van der Waals surface area (Å²) in [4.78, 5) is 27.1. The van der Waals surface area contributed by atoms with E-state index in [-0.39, 0.29) is 30.5 Å². The maximum absolute atomic E-state index is 14.6. The molecular weight excluding hydrogens is 639 g/mol. The van der Waals surface area contributed by atoms with Crippen molar-refractivity contribution in [2.45, 2.75) is 82.4 Å². The third kappa shape index (κ3) is 14.3. The van der Waals surface area contributed by atoms with Gasteiger partial charge < -0.3 is 31.0 Å². The summed E-state index contributed by atoms with van der Waals surface area (Å²) < 4.78 is 47.4. The first-order valence-electron chi connectivity index (χ1n) is 16.0. The standard InChI is InChI=1S/C27H28F3N3O2.C7H13NO2.C2H2.H3NO/c1-17-16-35-22(13-32-17)10-11-23-25(30)14-31-15-26(23)33-27(34)12-24(18-2-6-20(28)7-3-18)19-4-8-21(29)9-5-19;9-7(10)8-6-4-2-1-3-5-6;2*1-2/h2-9,14-15,17,22,24,32H,10-13,16H2,1H3,(H,33,34);6,8H,1-5H2,(H,9,10);1-2H;2H,1H2/t17-,22-;;;/m1.../s1. The van der Waals surface area contributed by atoms with E-state index in [0.717, 1.165) is 19.0 Å². The van der Waals surface area contributed by atoms with Gasteiger partial charge in [-0.2, -0.15) is 0 Å². The molecule has 1 aromatic heterocycles. The van der Waals surface area contributed by atoms with Crippen molar-refractivity contribution >= 4 is 17.7 Å². The Bertz CT molecular complexity index is 1380. The Balaban J connectivity index is 0.000000502. The van der Waals surface area contributed by atoms with Gasteiger partial charge in [-0.1, -0.05) is 43.5 Å². The van der Waals surface area contributed by atoms with Gasteiger partial charge >= 0.3 is 6.09 Å². The number of pyridine rings is 1. The molecule has 5 rings (SSSR count). The van der Waals surface area contributed by atoms with E-state index in [0.29, 0.717) is 48.4 Å².